The number of hydrogen-bond donors (Lipinski definition) is 1. The molecular weight excluding hydrogens is 384 g/mol. The van der Waals surface area contributed by atoms with Gasteiger partial charge in [0.2, 0.25) is 5.91 Å². The van der Waals surface area contributed by atoms with Crippen LogP contribution in [0.5, 0.6) is 11.5 Å². The molecule has 0 saturated carbocycles. The van der Waals surface area contributed by atoms with E-state index in [1.165, 1.54) is 0 Å². The largest absolute Gasteiger partial charge is 0.497 e. The summed E-state index contributed by atoms with van der Waals surface area (Å²) in [6, 6.07) is 14.6. The van der Waals surface area contributed by atoms with Gasteiger partial charge in [-0.1, -0.05) is 18.2 Å². The molecule has 0 aromatic heterocycles. The minimum atomic E-state index is -0.407. The van der Waals surface area contributed by atoms with Gasteiger partial charge in [-0.15, -0.1) is 0 Å². The van der Waals surface area contributed by atoms with Crippen molar-refractivity contribution in [2.24, 2.45) is 5.92 Å². The fraction of sp³-hybridized carbons (Fsp3) is 0.391. The Hall–Kier alpha value is -3.06. The molecule has 7 heteroatoms. The predicted molar refractivity (Wildman–Crippen MR) is 113 cm³/mol. The van der Waals surface area contributed by atoms with Gasteiger partial charge < -0.3 is 24.4 Å². The maximum Gasteiger partial charge on any atom is 0.253 e. The number of amides is 2. The van der Waals surface area contributed by atoms with Crippen LogP contribution in [-0.2, 0) is 9.53 Å². The first kappa shape index (κ1) is 21.6. The second-order valence-electron chi connectivity index (χ2n) is 7.18. The molecule has 7 nitrogen and oxygen atoms in total. The fourth-order valence-electron chi connectivity index (χ4n) is 3.85. The lowest BCUT2D eigenvalue weighted by Gasteiger charge is -2.21. The lowest BCUT2D eigenvalue weighted by atomic mass is 9.87. The van der Waals surface area contributed by atoms with Crippen LogP contribution in [0.4, 0.5) is 0 Å². The van der Waals surface area contributed by atoms with E-state index in [0.717, 1.165) is 5.56 Å². The Labute approximate surface area is 176 Å². The summed E-state index contributed by atoms with van der Waals surface area (Å²) in [7, 11) is 4.78. The summed E-state index contributed by atoms with van der Waals surface area (Å²) in [4.78, 5) is 27.8. The van der Waals surface area contributed by atoms with Gasteiger partial charge in [0.1, 0.15) is 11.5 Å². The number of ether oxygens (including phenoxy) is 3. The van der Waals surface area contributed by atoms with Crippen LogP contribution in [0, 0.1) is 5.92 Å². The molecule has 0 radical (unpaired) electrons. The highest BCUT2D eigenvalue weighted by atomic mass is 16.5. The van der Waals surface area contributed by atoms with Crippen LogP contribution in [0.1, 0.15) is 21.8 Å². The minimum absolute atomic E-state index is 0.0883. The summed E-state index contributed by atoms with van der Waals surface area (Å²) < 4.78 is 16.0. The highest BCUT2D eigenvalue weighted by molar-refractivity contribution is 5.95. The number of methoxy groups -OCH3 is 3. The molecule has 30 heavy (non-hydrogen) atoms. The molecular formula is C23H28N2O5. The maximum atomic E-state index is 13.0. The third-order valence-electron chi connectivity index (χ3n) is 5.41. The molecule has 2 aromatic carbocycles. The van der Waals surface area contributed by atoms with E-state index in [0.29, 0.717) is 43.3 Å². The van der Waals surface area contributed by atoms with E-state index in [1.807, 2.05) is 36.4 Å². The predicted octanol–water partition coefficient (Wildman–Crippen LogP) is 2.32. The zero-order chi connectivity index (χ0) is 21.5. The summed E-state index contributed by atoms with van der Waals surface area (Å²) >= 11 is 0. The molecule has 1 saturated heterocycles. The van der Waals surface area contributed by atoms with Crippen molar-refractivity contribution in [3.63, 3.8) is 0 Å². The highest BCUT2D eigenvalue weighted by Crippen LogP contribution is 2.40. The third kappa shape index (κ3) is 4.74. The minimum Gasteiger partial charge on any atom is -0.497 e. The van der Waals surface area contributed by atoms with Crippen LogP contribution in [0.3, 0.4) is 0 Å². The van der Waals surface area contributed by atoms with Crippen molar-refractivity contribution in [1.29, 1.82) is 0 Å². The Morgan fingerprint density at radius 3 is 2.47 bits per heavy atom. The molecule has 1 aliphatic heterocycles. The third-order valence-corrected chi connectivity index (χ3v) is 5.41. The smallest absolute Gasteiger partial charge is 0.253 e. The lowest BCUT2D eigenvalue weighted by molar-refractivity contribution is -0.125. The van der Waals surface area contributed by atoms with Gasteiger partial charge >= 0.3 is 0 Å². The fourth-order valence-corrected chi connectivity index (χ4v) is 3.85. The number of hydrogen-bond acceptors (Lipinski definition) is 5. The molecule has 2 aromatic rings. The van der Waals surface area contributed by atoms with Crippen molar-refractivity contribution in [1.82, 2.24) is 10.2 Å². The highest BCUT2D eigenvalue weighted by Gasteiger charge is 2.41. The van der Waals surface area contributed by atoms with Crippen LogP contribution in [0.2, 0.25) is 0 Å². The Kier molecular flexibility index (Phi) is 7.30. The number of nitrogens with zero attached hydrogens (tertiary/aromatic N) is 1. The quantitative estimate of drug-likeness (QED) is 0.674. The average molecular weight is 412 g/mol. The van der Waals surface area contributed by atoms with Gasteiger partial charge in [-0.2, -0.15) is 0 Å². The Morgan fingerprint density at radius 1 is 1.03 bits per heavy atom. The molecule has 0 bridgehead atoms. The van der Waals surface area contributed by atoms with E-state index >= 15 is 0 Å². The van der Waals surface area contributed by atoms with Crippen LogP contribution in [-0.4, -0.2) is 64.3 Å². The van der Waals surface area contributed by atoms with E-state index in [-0.39, 0.29) is 17.7 Å². The first-order chi connectivity index (χ1) is 14.6. The zero-order valence-corrected chi connectivity index (χ0v) is 17.6. The molecule has 2 amide bonds. The summed E-state index contributed by atoms with van der Waals surface area (Å²) in [5.41, 5.74) is 1.46. The van der Waals surface area contributed by atoms with Gasteiger partial charge in [0.15, 0.2) is 0 Å². The van der Waals surface area contributed by atoms with Crippen molar-refractivity contribution in [2.75, 3.05) is 47.6 Å². The van der Waals surface area contributed by atoms with Gasteiger partial charge in [-0.25, -0.2) is 0 Å². The molecule has 1 heterocycles. The van der Waals surface area contributed by atoms with Crippen LogP contribution < -0.4 is 14.8 Å². The van der Waals surface area contributed by atoms with Gasteiger partial charge in [-0.3, -0.25) is 9.59 Å². The summed E-state index contributed by atoms with van der Waals surface area (Å²) in [6.45, 7) is 1.59. The molecule has 1 aliphatic rings. The van der Waals surface area contributed by atoms with Crippen molar-refractivity contribution < 1.29 is 23.8 Å². The molecule has 2 unspecified atom stereocenters. The molecule has 2 atom stereocenters. The number of carbonyl (C=O) groups is 2. The number of benzene rings is 2. The monoisotopic (exact) mass is 412 g/mol. The Morgan fingerprint density at radius 2 is 1.80 bits per heavy atom. The standard InChI is InChI=1S/C23H28N2O5/c1-28-12-11-24-22(26)20-15-25(23(27)16-7-5-4-6-8-16)14-19(20)18-13-17(29-2)9-10-21(18)30-3/h4-10,13,19-20H,11-12,14-15H2,1-3H3,(H,24,26). The van der Waals surface area contributed by atoms with E-state index in [1.54, 1.807) is 38.4 Å². The number of likely N-dealkylation sites (tertiary alicyclic amines) is 1. The van der Waals surface area contributed by atoms with Crippen molar-refractivity contribution in [2.45, 2.75) is 5.92 Å². The Balaban J connectivity index is 1.91. The van der Waals surface area contributed by atoms with Crippen molar-refractivity contribution in [3.05, 3.63) is 59.7 Å². The molecule has 160 valence electrons. The van der Waals surface area contributed by atoms with Crippen molar-refractivity contribution >= 4 is 11.8 Å². The number of carbonyl (C=O) groups excluding carboxylic acids is 2. The second-order valence-corrected chi connectivity index (χ2v) is 7.18. The van der Waals surface area contributed by atoms with Crippen LogP contribution in [0.25, 0.3) is 0 Å². The van der Waals surface area contributed by atoms with Gasteiger partial charge in [0, 0.05) is 43.8 Å². The van der Waals surface area contributed by atoms with E-state index in [2.05, 4.69) is 5.32 Å². The molecule has 0 aliphatic carbocycles. The number of rotatable bonds is 8. The molecule has 0 spiro atoms. The lowest BCUT2D eigenvalue weighted by Crippen LogP contribution is -2.37. The first-order valence-electron chi connectivity index (χ1n) is 9.92. The summed E-state index contributed by atoms with van der Waals surface area (Å²) in [5.74, 6) is 0.530. The normalized spacial score (nSPS) is 18.2. The number of nitrogens with one attached hydrogen (secondary N) is 1. The second kappa shape index (κ2) is 10.1. The van der Waals surface area contributed by atoms with E-state index < -0.39 is 5.92 Å². The van der Waals surface area contributed by atoms with Gasteiger partial charge in [-0.05, 0) is 30.3 Å². The first-order valence-corrected chi connectivity index (χ1v) is 9.92. The maximum absolute atomic E-state index is 13.0. The molecule has 1 fully saturated rings. The summed E-state index contributed by atoms with van der Waals surface area (Å²) in [5, 5.41) is 2.92. The van der Waals surface area contributed by atoms with Crippen LogP contribution >= 0.6 is 0 Å². The Bertz CT molecular complexity index is 871. The zero-order valence-electron chi connectivity index (χ0n) is 17.6. The van der Waals surface area contributed by atoms with Gasteiger partial charge in [0.05, 0.1) is 26.7 Å². The SMILES string of the molecule is COCCNC(=O)C1CN(C(=O)c2ccccc2)CC1c1cc(OC)ccc1OC. The topological polar surface area (TPSA) is 77.1 Å². The van der Waals surface area contributed by atoms with Crippen molar-refractivity contribution in [3.8, 4) is 11.5 Å². The van der Waals surface area contributed by atoms with Crippen LogP contribution in [0.15, 0.2) is 48.5 Å². The van der Waals surface area contributed by atoms with E-state index in [4.69, 9.17) is 14.2 Å². The molecule has 3 rings (SSSR count). The van der Waals surface area contributed by atoms with E-state index in [9.17, 15) is 9.59 Å². The molecule has 1 N–H and O–H groups in total. The summed E-state index contributed by atoms with van der Waals surface area (Å²) in [6.07, 6.45) is 0. The van der Waals surface area contributed by atoms with Gasteiger partial charge in [0.25, 0.3) is 5.91 Å². The average Bonchev–Trinajstić information content (AvgIpc) is 3.24.